The Hall–Kier alpha value is -3.39. The number of nitrogens with one attached hydrogen (secondary N) is 1. The zero-order valence-electron chi connectivity index (χ0n) is 18.3. The van der Waals surface area contributed by atoms with Crippen molar-refractivity contribution in [1.82, 2.24) is 14.7 Å². The van der Waals surface area contributed by atoms with Gasteiger partial charge in [-0.2, -0.15) is 10.2 Å². The highest BCUT2D eigenvalue weighted by Crippen LogP contribution is 2.32. The molecule has 35 heavy (non-hydrogen) atoms. The number of halogens is 2. The number of nitriles is 1. The number of amides is 1. The number of ether oxygens (including phenoxy) is 1. The van der Waals surface area contributed by atoms with E-state index in [9.17, 15) is 23.3 Å². The number of sulfone groups is 1. The van der Waals surface area contributed by atoms with Crippen LogP contribution in [0, 0.1) is 18.3 Å². The van der Waals surface area contributed by atoms with Gasteiger partial charge in [-0.1, -0.05) is 29.3 Å². The molecule has 0 bridgehead atoms. The van der Waals surface area contributed by atoms with Crippen LogP contribution >= 0.6 is 23.2 Å². The van der Waals surface area contributed by atoms with Gasteiger partial charge in [0.25, 0.3) is 11.5 Å². The molecule has 12 heteroatoms. The summed E-state index contributed by atoms with van der Waals surface area (Å²) < 4.78 is 30.5. The van der Waals surface area contributed by atoms with Crippen molar-refractivity contribution in [3.05, 3.63) is 73.6 Å². The molecule has 3 aromatic rings. The monoisotopic (exact) mass is 532 g/mol. The standard InChI is InChI=1S/C23H18Cl2N4O5S/c1-13-3-2-7-29-20(13)28-22(34-19-5-4-15(24)10-18(19)25)17(23(29)31)9-14(11-26)21(30)27-16-6-8-35(32,33)12-16/h2-5,7,9-10,16H,6,8,12H2,1H3,(H,27,30)/b14-9+. The van der Waals surface area contributed by atoms with E-state index in [2.05, 4.69) is 10.3 Å². The smallest absolute Gasteiger partial charge is 0.269 e. The molecular formula is C23H18Cl2N4O5S. The number of aromatic nitrogens is 2. The van der Waals surface area contributed by atoms with Crippen LogP contribution in [0.1, 0.15) is 17.5 Å². The number of rotatable bonds is 5. The van der Waals surface area contributed by atoms with Crippen molar-refractivity contribution in [2.45, 2.75) is 19.4 Å². The molecule has 0 radical (unpaired) electrons. The van der Waals surface area contributed by atoms with Crippen LogP contribution in [0.5, 0.6) is 11.6 Å². The summed E-state index contributed by atoms with van der Waals surface area (Å²) >= 11 is 12.2. The molecule has 0 saturated carbocycles. The molecule has 1 unspecified atom stereocenters. The summed E-state index contributed by atoms with van der Waals surface area (Å²) in [5, 5.41) is 12.7. The number of carbonyl (C=O) groups excluding carboxylic acids is 1. The van der Waals surface area contributed by atoms with Crippen molar-refractivity contribution in [3.8, 4) is 17.7 Å². The van der Waals surface area contributed by atoms with E-state index in [1.165, 1.54) is 22.7 Å². The predicted molar refractivity (Wildman–Crippen MR) is 132 cm³/mol. The van der Waals surface area contributed by atoms with Gasteiger partial charge in [0, 0.05) is 17.3 Å². The van der Waals surface area contributed by atoms with Gasteiger partial charge in [0.05, 0.1) is 16.5 Å². The number of carbonyl (C=O) groups is 1. The quantitative estimate of drug-likeness (QED) is 0.393. The lowest BCUT2D eigenvalue weighted by atomic mass is 10.1. The van der Waals surface area contributed by atoms with E-state index in [0.717, 1.165) is 6.08 Å². The number of hydrogen-bond acceptors (Lipinski definition) is 7. The molecule has 1 fully saturated rings. The fourth-order valence-electron chi connectivity index (χ4n) is 3.62. The third-order valence-electron chi connectivity index (χ3n) is 5.37. The Labute approximate surface area is 210 Å². The summed E-state index contributed by atoms with van der Waals surface area (Å²) in [4.78, 5) is 30.5. The summed E-state index contributed by atoms with van der Waals surface area (Å²) in [7, 11) is -3.24. The first-order valence-corrected chi connectivity index (χ1v) is 12.9. The maximum absolute atomic E-state index is 13.4. The zero-order chi connectivity index (χ0) is 25.3. The van der Waals surface area contributed by atoms with E-state index in [1.807, 2.05) is 0 Å². The third-order valence-corrected chi connectivity index (χ3v) is 7.67. The number of fused-ring (bicyclic) bond motifs is 1. The van der Waals surface area contributed by atoms with E-state index >= 15 is 0 Å². The molecule has 0 spiro atoms. The van der Waals surface area contributed by atoms with E-state index in [0.29, 0.717) is 16.2 Å². The summed E-state index contributed by atoms with van der Waals surface area (Å²) in [6.07, 6.45) is 2.82. The fourth-order valence-corrected chi connectivity index (χ4v) is 5.74. The molecule has 1 aliphatic rings. The summed E-state index contributed by atoms with van der Waals surface area (Å²) in [5.74, 6) is -1.06. The van der Waals surface area contributed by atoms with E-state index in [4.69, 9.17) is 27.9 Å². The van der Waals surface area contributed by atoms with Crippen molar-refractivity contribution < 1.29 is 17.9 Å². The Morgan fingerprint density at radius 2 is 2.11 bits per heavy atom. The molecule has 9 nitrogen and oxygen atoms in total. The van der Waals surface area contributed by atoms with Crippen LogP contribution in [0.25, 0.3) is 11.7 Å². The second-order valence-corrected chi connectivity index (χ2v) is 11.0. The second kappa shape index (κ2) is 9.70. The fraction of sp³-hybridized carbons (Fsp3) is 0.217. The van der Waals surface area contributed by atoms with E-state index < -0.39 is 32.9 Å². The number of pyridine rings is 1. The van der Waals surface area contributed by atoms with Gasteiger partial charge >= 0.3 is 0 Å². The summed E-state index contributed by atoms with van der Waals surface area (Å²) in [6, 6.07) is 9.07. The van der Waals surface area contributed by atoms with E-state index in [1.54, 1.807) is 31.2 Å². The average Bonchev–Trinajstić information content (AvgIpc) is 3.14. The highest BCUT2D eigenvalue weighted by atomic mass is 35.5. The predicted octanol–water partition coefficient (Wildman–Crippen LogP) is 3.31. The molecule has 4 rings (SSSR count). The van der Waals surface area contributed by atoms with Crippen LogP contribution in [-0.4, -0.2) is 41.3 Å². The first-order chi connectivity index (χ1) is 16.6. The molecule has 1 aliphatic heterocycles. The minimum Gasteiger partial charge on any atom is -0.437 e. The first kappa shape index (κ1) is 24.7. The molecule has 1 atom stereocenters. The van der Waals surface area contributed by atoms with Crippen LogP contribution in [0.15, 0.2) is 46.9 Å². The molecule has 1 aromatic carbocycles. The van der Waals surface area contributed by atoms with Crippen LogP contribution in [0.2, 0.25) is 10.0 Å². The van der Waals surface area contributed by atoms with E-state index in [-0.39, 0.29) is 40.1 Å². The van der Waals surface area contributed by atoms with Gasteiger partial charge in [-0.3, -0.25) is 14.0 Å². The summed E-state index contributed by atoms with van der Waals surface area (Å²) in [5.41, 5.74) is -0.151. The minimum atomic E-state index is -3.24. The molecule has 1 amide bonds. The highest BCUT2D eigenvalue weighted by Gasteiger charge is 2.30. The largest absolute Gasteiger partial charge is 0.437 e. The Morgan fingerprint density at radius 3 is 2.77 bits per heavy atom. The molecule has 1 saturated heterocycles. The Morgan fingerprint density at radius 1 is 1.34 bits per heavy atom. The van der Waals surface area contributed by atoms with Gasteiger partial charge in [0.1, 0.15) is 28.6 Å². The molecule has 2 aromatic heterocycles. The number of benzene rings is 1. The van der Waals surface area contributed by atoms with Crippen LogP contribution in [0.3, 0.4) is 0 Å². The summed E-state index contributed by atoms with van der Waals surface area (Å²) in [6.45, 7) is 1.76. The molecule has 3 heterocycles. The first-order valence-electron chi connectivity index (χ1n) is 10.4. The third kappa shape index (κ3) is 5.32. The van der Waals surface area contributed by atoms with Gasteiger partial charge in [-0.05, 0) is 49.2 Å². The van der Waals surface area contributed by atoms with Crippen molar-refractivity contribution in [2.24, 2.45) is 0 Å². The molecule has 0 aliphatic carbocycles. The Bertz CT molecular complexity index is 1590. The van der Waals surface area contributed by atoms with Crippen molar-refractivity contribution in [2.75, 3.05) is 11.5 Å². The Kier molecular flexibility index (Phi) is 6.85. The van der Waals surface area contributed by atoms with Gasteiger partial charge in [0.15, 0.2) is 9.84 Å². The van der Waals surface area contributed by atoms with Gasteiger partial charge < -0.3 is 10.1 Å². The highest BCUT2D eigenvalue weighted by molar-refractivity contribution is 7.91. The maximum Gasteiger partial charge on any atom is 0.269 e. The number of aryl methyl sites for hydroxylation is 1. The van der Waals surface area contributed by atoms with Crippen molar-refractivity contribution in [3.63, 3.8) is 0 Å². The van der Waals surface area contributed by atoms with Crippen LogP contribution < -0.4 is 15.6 Å². The van der Waals surface area contributed by atoms with Crippen molar-refractivity contribution >= 4 is 50.7 Å². The second-order valence-electron chi connectivity index (χ2n) is 7.94. The van der Waals surface area contributed by atoms with Crippen molar-refractivity contribution in [1.29, 1.82) is 5.26 Å². The lowest BCUT2D eigenvalue weighted by molar-refractivity contribution is -0.117. The molecule has 180 valence electrons. The molecular weight excluding hydrogens is 515 g/mol. The number of nitrogens with zero attached hydrogens (tertiary/aromatic N) is 3. The van der Waals surface area contributed by atoms with Gasteiger partial charge in [-0.15, -0.1) is 0 Å². The number of hydrogen-bond donors (Lipinski definition) is 1. The average molecular weight is 533 g/mol. The van der Waals surface area contributed by atoms with Gasteiger partial charge in [-0.25, -0.2) is 8.42 Å². The minimum absolute atomic E-state index is 0.0430. The lowest BCUT2D eigenvalue weighted by Gasteiger charge is -2.13. The van der Waals surface area contributed by atoms with Crippen LogP contribution in [-0.2, 0) is 14.6 Å². The van der Waals surface area contributed by atoms with Crippen LogP contribution in [0.4, 0.5) is 0 Å². The zero-order valence-corrected chi connectivity index (χ0v) is 20.6. The Balaban J connectivity index is 1.81. The van der Waals surface area contributed by atoms with Gasteiger partial charge in [0.2, 0.25) is 5.88 Å². The topological polar surface area (TPSA) is 131 Å². The normalized spacial score (nSPS) is 17.2. The molecule has 1 N–H and O–H groups in total. The SMILES string of the molecule is Cc1cccn2c(=O)c(/C=C(\C#N)C(=O)NC3CCS(=O)(=O)C3)c(Oc3ccc(Cl)cc3Cl)nc12. The maximum atomic E-state index is 13.4. The lowest BCUT2D eigenvalue weighted by Crippen LogP contribution is -2.36.